The lowest BCUT2D eigenvalue weighted by Gasteiger charge is -2.09. The highest BCUT2D eigenvalue weighted by Gasteiger charge is 2.29. The summed E-state index contributed by atoms with van der Waals surface area (Å²) >= 11 is 0. The van der Waals surface area contributed by atoms with Gasteiger partial charge in [-0.25, -0.2) is 4.98 Å². The maximum absolute atomic E-state index is 12.5. The van der Waals surface area contributed by atoms with Gasteiger partial charge in [-0.1, -0.05) is 12.1 Å². The molecule has 0 atom stereocenters. The third-order valence-electron chi connectivity index (χ3n) is 4.47. The van der Waals surface area contributed by atoms with E-state index in [1.54, 1.807) is 37.4 Å². The van der Waals surface area contributed by atoms with Crippen LogP contribution in [0.5, 0.6) is 5.75 Å². The topological polar surface area (TPSA) is 80.3 Å². The molecule has 0 spiro atoms. The van der Waals surface area contributed by atoms with Crippen molar-refractivity contribution >= 4 is 34.1 Å². The Balaban J connectivity index is 1.49. The van der Waals surface area contributed by atoms with Gasteiger partial charge in [-0.3, -0.25) is 9.59 Å². The summed E-state index contributed by atoms with van der Waals surface area (Å²) in [7, 11) is 1.61. The second kappa shape index (κ2) is 7.07. The molecule has 136 valence electrons. The minimum atomic E-state index is -0.307. The van der Waals surface area contributed by atoms with Crippen molar-refractivity contribution in [3.8, 4) is 5.75 Å². The van der Waals surface area contributed by atoms with Crippen LogP contribution in [0.4, 0.5) is 11.4 Å². The summed E-state index contributed by atoms with van der Waals surface area (Å²) in [6, 6.07) is 16.1. The molecule has 0 unspecified atom stereocenters. The average Bonchev–Trinajstić information content (AvgIpc) is 3.52. The molecule has 1 saturated carbocycles. The van der Waals surface area contributed by atoms with Crippen molar-refractivity contribution in [3.63, 3.8) is 0 Å². The molecular formula is C21H19N3O3. The molecule has 2 aromatic carbocycles. The predicted molar refractivity (Wildman–Crippen MR) is 104 cm³/mol. The molecule has 0 radical (unpaired) electrons. The highest BCUT2D eigenvalue weighted by atomic mass is 16.5. The number of methoxy groups -OCH3 is 1. The second-order valence-corrected chi connectivity index (χ2v) is 6.55. The number of amides is 2. The van der Waals surface area contributed by atoms with Gasteiger partial charge in [0.2, 0.25) is 5.91 Å². The number of aromatic nitrogens is 1. The van der Waals surface area contributed by atoms with Crippen LogP contribution in [0.1, 0.15) is 23.3 Å². The van der Waals surface area contributed by atoms with Crippen molar-refractivity contribution in [2.24, 2.45) is 5.92 Å². The van der Waals surface area contributed by atoms with Crippen LogP contribution in [0.2, 0.25) is 0 Å². The minimum Gasteiger partial charge on any atom is -0.497 e. The van der Waals surface area contributed by atoms with Gasteiger partial charge in [0, 0.05) is 22.7 Å². The Hall–Kier alpha value is -3.41. The van der Waals surface area contributed by atoms with Gasteiger partial charge in [0.15, 0.2) is 0 Å². The molecule has 2 amide bonds. The van der Waals surface area contributed by atoms with Crippen molar-refractivity contribution in [1.29, 1.82) is 0 Å². The van der Waals surface area contributed by atoms with Crippen molar-refractivity contribution < 1.29 is 14.3 Å². The van der Waals surface area contributed by atoms with Gasteiger partial charge in [0.1, 0.15) is 11.4 Å². The molecule has 1 aromatic heterocycles. The number of carbonyl (C=O) groups is 2. The standard InChI is InChI=1S/C21H19N3O3/c1-27-17-8-10-18-14(11-17)7-9-19(24-18)21(26)23-16-4-2-3-15(12-16)22-20(25)13-5-6-13/h2-4,7-13H,5-6H2,1H3,(H,22,25)(H,23,26). The van der Waals surface area contributed by atoms with Crippen LogP contribution >= 0.6 is 0 Å². The number of pyridine rings is 1. The predicted octanol–water partition coefficient (Wildman–Crippen LogP) is 3.84. The van der Waals surface area contributed by atoms with Crippen molar-refractivity contribution in [2.45, 2.75) is 12.8 Å². The summed E-state index contributed by atoms with van der Waals surface area (Å²) in [4.78, 5) is 28.8. The number of nitrogens with one attached hydrogen (secondary N) is 2. The van der Waals surface area contributed by atoms with E-state index in [0.29, 0.717) is 22.6 Å². The van der Waals surface area contributed by atoms with E-state index in [0.717, 1.165) is 24.0 Å². The Morgan fingerprint density at radius 3 is 2.52 bits per heavy atom. The van der Waals surface area contributed by atoms with Gasteiger partial charge in [0.25, 0.3) is 5.91 Å². The zero-order chi connectivity index (χ0) is 18.8. The summed E-state index contributed by atoms with van der Waals surface area (Å²) in [5.74, 6) is 0.596. The number of rotatable bonds is 5. The summed E-state index contributed by atoms with van der Waals surface area (Å²) in [5.41, 5.74) is 2.31. The highest BCUT2D eigenvalue weighted by molar-refractivity contribution is 6.04. The van der Waals surface area contributed by atoms with E-state index in [2.05, 4.69) is 15.6 Å². The Morgan fingerprint density at radius 2 is 1.78 bits per heavy atom. The summed E-state index contributed by atoms with van der Waals surface area (Å²) in [6.45, 7) is 0. The van der Waals surface area contributed by atoms with Crippen LogP contribution in [0.15, 0.2) is 54.6 Å². The molecular weight excluding hydrogens is 342 g/mol. The van der Waals surface area contributed by atoms with E-state index >= 15 is 0 Å². The number of anilines is 2. The third-order valence-corrected chi connectivity index (χ3v) is 4.47. The maximum Gasteiger partial charge on any atom is 0.274 e. The summed E-state index contributed by atoms with van der Waals surface area (Å²) < 4.78 is 5.20. The van der Waals surface area contributed by atoms with E-state index in [1.165, 1.54) is 0 Å². The summed E-state index contributed by atoms with van der Waals surface area (Å²) in [5, 5.41) is 6.60. The number of carbonyl (C=O) groups excluding carboxylic acids is 2. The molecule has 1 fully saturated rings. The number of nitrogens with zero attached hydrogens (tertiary/aromatic N) is 1. The van der Waals surface area contributed by atoms with E-state index in [4.69, 9.17) is 4.74 Å². The van der Waals surface area contributed by atoms with Crippen molar-refractivity contribution in [3.05, 3.63) is 60.3 Å². The molecule has 0 saturated heterocycles. The number of benzene rings is 2. The lowest BCUT2D eigenvalue weighted by Crippen LogP contribution is -2.15. The molecule has 6 heteroatoms. The SMILES string of the molecule is COc1ccc2nc(C(=O)Nc3cccc(NC(=O)C4CC4)c3)ccc2c1. The minimum absolute atomic E-state index is 0.0325. The number of ether oxygens (including phenoxy) is 1. The quantitative estimate of drug-likeness (QED) is 0.723. The second-order valence-electron chi connectivity index (χ2n) is 6.55. The van der Waals surface area contributed by atoms with E-state index < -0.39 is 0 Å². The Labute approximate surface area is 156 Å². The van der Waals surface area contributed by atoms with Gasteiger partial charge >= 0.3 is 0 Å². The lowest BCUT2D eigenvalue weighted by molar-refractivity contribution is -0.117. The van der Waals surface area contributed by atoms with E-state index in [-0.39, 0.29) is 17.7 Å². The van der Waals surface area contributed by atoms with Gasteiger partial charge in [-0.05, 0) is 55.3 Å². The first-order valence-electron chi connectivity index (χ1n) is 8.79. The van der Waals surface area contributed by atoms with E-state index in [9.17, 15) is 9.59 Å². The Morgan fingerprint density at radius 1 is 1.00 bits per heavy atom. The zero-order valence-corrected chi connectivity index (χ0v) is 14.9. The third kappa shape index (κ3) is 3.89. The van der Waals surface area contributed by atoms with Crippen LogP contribution in [-0.4, -0.2) is 23.9 Å². The van der Waals surface area contributed by atoms with Crippen LogP contribution in [0.25, 0.3) is 10.9 Å². The van der Waals surface area contributed by atoms with Gasteiger partial charge in [0.05, 0.1) is 12.6 Å². The molecule has 2 N–H and O–H groups in total. The Kier molecular flexibility index (Phi) is 4.46. The van der Waals surface area contributed by atoms with Gasteiger partial charge in [-0.2, -0.15) is 0 Å². The largest absolute Gasteiger partial charge is 0.497 e. The van der Waals surface area contributed by atoms with Crippen molar-refractivity contribution in [1.82, 2.24) is 4.98 Å². The van der Waals surface area contributed by atoms with Gasteiger partial charge < -0.3 is 15.4 Å². The van der Waals surface area contributed by atoms with Crippen molar-refractivity contribution in [2.75, 3.05) is 17.7 Å². The molecule has 6 nitrogen and oxygen atoms in total. The molecule has 27 heavy (non-hydrogen) atoms. The first kappa shape index (κ1) is 17.0. The Bertz CT molecular complexity index is 1030. The maximum atomic E-state index is 12.5. The van der Waals surface area contributed by atoms with Crippen LogP contribution in [0.3, 0.4) is 0 Å². The first-order chi connectivity index (χ1) is 13.1. The molecule has 0 bridgehead atoms. The molecule has 1 heterocycles. The molecule has 1 aliphatic carbocycles. The smallest absolute Gasteiger partial charge is 0.274 e. The fraction of sp³-hybridized carbons (Fsp3) is 0.190. The van der Waals surface area contributed by atoms with Gasteiger partial charge in [-0.15, -0.1) is 0 Å². The lowest BCUT2D eigenvalue weighted by atomic mass is 10.2. The van der Waals surface area contributed by atoms with Crippen LogP contribution in [-0.2, 0) is 4.79 Å². The zero-order valence-electron chi connectivity index (χ0n) is 14.9. The highest BCUT2D eigenvalue weighted by Crippen LogP contribution is 2.30. The summed E-state index contributed by atoms with van der Waals surface area (Å²) in [6.07, 6.45) is 1.89. The number of hydrogen-bond donors (Lipinski definition) is 2. The molecule has 1 aliphatic rings. The fourth-order valence-electron chi connectivity index (χ4n) is 2.82. The molecule has 3 aromatic rings. The number of fused-ring (bicyclic) bond motifs is 1. The molecule has 4 rings (SSSR count). The van der Waals surface area contributed by atoms with Crippen LogP contribution in [0, 0.1) is 5.92 Å². The number of hydrogen-bond acceptors (Lipinski definition) is 4. The molecule has 0 aliphatic heterocycles. The fourth-order valence-corrected chi connectivity index (χ4v) is 2.82. The van der Waals surface area contributed by atoms with Crippen LogP contribution < -0.4 is 15.4 Å². The van der Waals surface area contributed by atoms with E-state index in [1.807, 2.05) is 24.3 Å². The normalized spacial score (nSPS) is 13.2. The first-order valence-corrected chi connectivity index (χ1v) is 8.79. The average molecular weight is 361 g/mol. The monoisotopic (exact) mass is 361 g/mol.